The fourth-order valence-corrected chi connectivity index (χ4v) is 1.17. The van der Waals surface area contributed by atoms with Crippen molar-refractivity contribution >= 4 is 5.78 Å². The van der Waals surface area contributed by atoms with Gasteiger partial charge in [0.25, 0.3) is 0 Å². The summed E-state index contributed by atoms with van der Waals surface area (Å²) in [6.07, 6.45) is 1.93. The van der Waals surface area contributed by atoms with Crippen LogP contribution in [0, 0.1) is 5.41 Å². The smallest absolute Gasteiger partial charge is 0.222 e. The van der Waals surface area contributed by atoms with Crippen LogP contribution in [0.5, 0.6) is 0 Å². The third kappa shape index (κ3) is 4.85. The van der Waals surface area contributed by atoms with Gasteiger partial charge in [-0.15, -0.1) is 0 Å². The highest BCUT2D eigenvalue weighted by Crippen LogP contribution is 2.19. The highest BCUT2D eigenvalue weighted by molar-refractivity contribution is 6.05. The molecule has 0 heterocycles. The van der Waals surface area contributed by atoms with E-state index in [0.717, 1.165) is 0 Å². The molecule has 0 atom stereocenters. The quantitative estimate of drug-likeness (QED) is 0.510. The Bertz CT molecular complexity index is 254. The number of hydrogen-bond acceptors (Lipinski definition) is 2. The van der Waals surface area contributed by atoms with Gasteiger partial charge >= 0.3 is 0 Å². The second kappa shape index (κ2) is 4.99. The lowest BCUT2D eigenvalue weighted by molar-refractivity contribution is -0.115. The van der Waals surface area contributed by atoms with Crippen molar-refractivity contribution in [2.75, 3.05) is 6.61 Å². The average Bonchev–Trinajstić information content (AvgIpc) is 2.00. The van der Waals surface area contributed by atoms with E-state index in [9.17, 15) is 4.79 Å². The number of ketones is 1. The number of carbonyl (C=O) groups excluding carboxylic acids is 1. The molecule has 0 fully saturated rings. The van der Waals surface area contributed by atoms with Crippen molar-refractivity contribution in [3.8, 4) is 0 Å². The molecule has 0 amide bonds. The van der Waals surface area contributed by atoms with E-state index in [1.54, 1.807) is 6.92 Å². The molecular weight excluding hydrogens is 176 g/mol. The largest absolute Gasteiger partial charge is 0.490 e. The zero-order chi connectivity index (χ0) is 11.4. The molecular formula is C12H20O2. The van der Waals surface area contributed by atoms with Gasteiger partial charge in [0.15, 0.2) is 5.76 Å². The summed E-state index contributed by atoms with van der Waals surface area (Å²) in [6, 6.07) is 0. The summed E-state index contributed by atoms with van der Waals surface area (Å²) in [5, 5.41) is 0. The summed E-state index contributed by atoms with van der Waals surface area (Å²) in [7, 11) is 0. The van der Waals surface area contributed by atoms with E-state index in [0.29, 0.717) is 12.2 Å². The van der Waals surface area contributed by atoms with Gasteiger partial charge in [0, 0.05) is 0 Å². The molecule has 80 valence electrons. The number of Topliss-reactive ketones (excluding diaryl/α,β-unsaturated/α-hetero) is 1. The molecule has 14 heavy (non-hydrogen) atoms. The van der Waals surface area contributed by atoms with E-state index in [1.165, 1.54) is 0 Å². The van der Waals surface area contributed by atoms with E-state index in [4.69, 9.17) is 4.74 Å². The summed E-state index contributed by atoms with van der Waals surface area (Å²) < 4.78 is 5.05. The third-order valence-electron chi connectivity index (χ3n) is 1.58. The van der Waals surface area contributed by atoms with E-state index < -0.39 is 0 Å². The Hall–Kier alpha value is -1.05. The lowest BCUT2D eigenvalue weighted by Crippen LogP contribution is -2.10. The lowest BCUT2D eigenvalue weighted by atomic mass is 9.92. The minimum absolute atomic E-state index is 0.00619. The molecule has 0 aromatic rings. The van der Waals surface area contributed by atoms with Crippen molar-refractivity contribution in [1.82, 2.24) is 0 Å². The molecule has 0 aliphatic heterocycles. The Kier molecular flexibility index (Phi) is 4.61. The second-order valence-corrected chi connectivity index (χ2v) is 4.38. The zero-order valence-electron chi connectivity index (χ0n) is 9.81. The molecule has 0 aromatic heterocycles. The monoisotopic (exact) mass is 196 g/mol. The minimum Gasteiger partial charge on any atom is -0.490 e. The Morgan fingerprint density at radius 1 is 1.43 bits per heavy atom. The number of ether oxygens (including phenoxy) is 1. The first-order chi connectivity index (χ1) is 6.28. The number of allylic oxidation sites excluding steroid dienone is 2. The van der Waals surface area contributed by atoms with Crippen LogP contribution < -0.4 is 0 Å². The normalized spacial score (nSPS) is 12.5. The van der Waals surface area contributed by atoms with Crippen molar-refractivity contribution in [2.24, 2.45) is 5.41 Å². The van der Waals surface area contributed by atoms with Crippen molar-refractivity contribution in [1.29, 1.82) is 0 Å². The molecule has 2 nitrogen and oxygen atoms in total. The van der Waals surface area contributed by atoms with Gasteiger partial charge in [-0.05, 0) is 24.8 Å². The molecule has 0 aromatic carbocycles. The average molecular weight is 196 g/mol. The summed E-state index contributed by atoms with van der Waals surface area (Å²) in [4.78, 5) is 11.6. The maximum Gasteiger partial charge on any atom is 0.222 e. The van der Waals surface area contributed by atoms with Crippen molar-refractivity contribution in [3.63, 3.8) is 0 Å². The lowest BCUT2D eigenvalue weighted by Gasteiger charge is -2.14. The maximum atomic E-state index is 11.6. The Morgan fingerprint density at radius 3 is 2.29 bits per heavy atom. The minimum atomic E-state index is -0.109. The van der Waals surface area contributed by atoms with Gasteiger partial charge in [0.2, 0.25) is 5.78 Å². The molecule has 0 spiro atoms. The molecule has 0 rings (SSSR count). The SMILES string of the molecule is C=C(OCC)C(=O)C(C)=CC(C)(C)C. The van der Waals surface area contributed by atoms with Gasteiger partial charge in [-0.2, -0.15) is 0 Å². The van der Waals surface area contributed by atoms with Crippen LogP contribution in [0.3, 0.4) is 0 Å². The number of carbonyl (C=O) groups is 1. The summed E-state index contributed by atoms with van der Waals surface area (Å²) >= 11 is 0. The predicted molar refractivity (Wildman–Crippen MR) is 59.0 cm³/mol. The van der Waals surface area contributed by atoms with Crippen LogP contribution in [0.15, 0.2) is 24.0 Å². The van der Waals surface area contributed by atoms with Gasteiger partial charge in [-0.25, -0.2) is 0 Å². The Morgan fingerprint density at radius 2 is 1.93 bits per heavy atom. The Labute approximate surface area is 86.6 Å². The molecule has 0 saturated heterocycles. The molecule has 0 aliphatic rings. The summed E-state index contributed by atoms with van der Waals surface area (Å²) in [6.45, 7) is 13.8. The standard InChI is InChI=1S/C12H20O2/c1-7-14-10(3)11(13)9(2)8-12(4,5)6/h8H,3,7H2,1-2,4-6H3. The first-order valence-electron chi connectivity index (χ1n) is 4.83. The molecule has 0 saturated carbocycles. The maximum absolute atomic E-state index is 11.6. The van der Waals surface area contributed by atoms with Crippen LogP contribution in [0.25, 0.3) is 0 Å². The van der Waals surface area contributed by atoms with Crippen LogP contribution in [0.2, 0.25) is 0 Å². The van der Waals surface area contributed by atoms with Gasteiger partial charge < -0.3 is 4.74 Å². The second-order valence-electron chi connectivity index (χ2n) is 4.38. The predicted octanol–water partition coefficient (Wildman–Crippen LogP) is 3.10. The first kappa shape index (κ1) is 12.9. The van der Waals surface area contributed by atoms with Gasteiger partial charge in [-0.3, -0.25) is 4.79 Å². The summed E-state index contributed by atoms with van der Waals surface area (Å²) in [5.41, 5.74) is 0.697. The molecule has 0 N–H and O–H groups in total. The van der Waals surface area contributed by atoms with Gasteiger partial charge in [0.1, 0.15) is 0 Å². The summed E-state index contributed by atoms with van der Waals surface area (Å²) in [5.74, 6) is 0.118. The highest BCUT2D eigenvalue weighted by atomic mass is 16.5. The number of rotatable bonds is 4. The molecule has 0 radical (unpaired) electrons. The van der Waals surface area contributed by atoms with Gasteiger partial charge in [-0.1, -0.05) is 33.4 Å². The first-order valence-corrected chi connectivity index (χ1v) is 4.83. The van der Waals surface area contributed by atoms with E-state index in [2.05, 4.69) is 6.58 Å². The highest BCUT2D eigenvalue weighted by Gasteiger charge is 2.14. The fourth-order valence-electron chi connectivity index (χ4n) is 1.17. The van der Waals surface area contributed by atoms with Crippen LogP contribution in [-0.4, -0.2) is 12.4 Å². The number of hydrogen-bond donors (Lipinski definition) is 0. The van der Waals surface area contributed by atoms with Crippen LogP contribution in [-0.2, 0) is 9.53 Å². The van der Waals surface area contributed by atoms with Crippen molar-refractivity contribution in [3.05, 3.63) is 24.0 Å². The van der Waals surface area contributed by atoms with E-state index >= 15 is 0 Å². The van der Waals surface area contributed by atoms with E-state index in [-0.39, 0.29) is 17.0 Å². The van der Waals surface area contributed by atoms with Crippen LogP contribution in [0.4, 0.5) is 0 Å². The van der Waals surface area contributed by atoms with Gasteiger partial charge in [0.05, 0.1) is 6.61 Å². The topological polar surface area (TPSA) is 26.3 Å². The van der Waals surface area contributed by atoms with Crippen molar-refractivity contribution < 1.29 is 9.53 Å². The van der Waals surface area contributed by atoms with Crippen molar-refractivity contribution in [2.45, 2.75) is 34.6 Å². The molecule has 0 bridgehead atoms. The molecule has 2 heteroatoms. The Balaban J connectivity index is 4.55. The fraction of sp³-hybridized carbons (Fsp3) is 0.583. The molecule has 0 aliphatic carbocycles. The molecule has 0 unspecified atom stereocenters. The van der Waals surface area contributed by atoms with E-state index in [1.807, 2.05) is 33.8 Å². The zero-order valence-corrected chi connectivity index (χ0v) is 9.81. The third-order valence-corrected chi connectivity index (χ3v) is 1.58. The van der Waals surface area contributed by atoms with Crippen LogP contribution in [0.1, 0.15) is 34.6 Å². The van der Waals surface area contributed by atoms with Crippen LogP contribution >= 0.6 is 0 Å².